The van der Waals surface area contributed by atoms with E-state index < -0.39 is 0 Å². The van der Waals surface area contributed by atoms with Crippen LogP contribution in [0.3, 0.4) is 0 Å². The number of rotatable bonds is 3. The standard InChI is InChI=1S/C19H24N4O3/c1-13-16(12-20-23(13)15-5-8-25-9-6-15)19(24)21-14-3-4-18-17(11-14)22(2)7-10-26-18/h3-4,11-12,15H,5-10H2,1-2H3,(H,21,24). The summed E-state index contributed by atoms with van der Waals surface area (Å²) in [7, 11) is 2.02. The molecule has 138 valence electrons. The minimum atomic E-state index is -0.139. The minimum Gasteiger partial charge on any atom is -0.490 e. The van der Waals surface area contributed by atoms with E-state index in [2.05, 4.69) is 15.3 Å². The van der Waals surface area contributed by atoms with Gasteiger partial charge in [-0.05, 0) is 38.0 Å². The van der Waals surface area contributed by atoms with Crippen LogP contribution < -0.4 is 15.0 Å². The molecule has 4 rings (SSSR count). The van der Waals surface area contributed by atoms with Gasteiger partial charge < -0.3 is 19.7 Å². The predicted octanol–water partition coefficient (Wildman–Crippen LogP) is 2.62. The molecule has 0 saturated carbocycles. The molecule has 1 aromatic carbocycles. The summed E-state index contributed by atoms with van der Waals surface area (Å²) in [5.74, 6) is 0.709. The summed E-state index contributed by atoms with van der Waals surface area (Å²) in [4.78, 5) is 14.9. The molecule has 1 amide bonds. The second kappa shape index (κ2) is 6.99. The van der Waals surface area contributed by atoms with Crippen LogP contribution in [0.4, 0.5) is 11.4 Å². The lowest BCUT2D eigenvalue weighted by Crippen LogP contribution is -2.28. The fourth-order valence-corrected chi connectivity index (χ4v) is 3.57. The number of likely N-dealkylation sites (N-methyl/N-ethyl adjacent to an activating group) is 1. The second-order valence-corrected chi connectivity index (χ2v) is 6.84. The summed E-state index contributed by atoms with van der Waals surface area (Å²) in [5.41, 5.74) is 3.25. The zero-order valence-electron chi connectivity index (χ0n) is 15.2. The molecule has 0 aliphatic carbocycles. The molecule has 1 N–H and O–H groups in total. The number of amides is 1. The molecule has 1 fully saturated rings. The SMILES string of the molecule is Cc1c(C(=O)Nc2ccc3c(c2)N(C)CCO3)cnn1C1CCOCC1. The highest BCUT2D eigenvalue weighted by Crippen LogP contribution is 2.33. The number of carbonyl (C=O) groups excluding carboxylic acids is 1. The first kappa shape index (κ1) is 16.9. The van der Waals surface area contributed by atoms with E-state index in [9.17, 15) is 4.79 Å². The van der Waals surface area contributed by atoms with Crippen molar-refractivity contribution in [1.82, 2.24) is 9.78 Å². The van der Waals surface area contributed by atoms with E-state index >= 15 is 0 Å². The van der Waals surface area contributed by atoms with E-state index in [0.717, 1.165) is 55.4 Å². The molecule has 1 aromatic heterocycles. The van der Waals surface area contributed by atoms with Crippen molar-refractivity contribution in [3.8, 4) is 5.75 Å². The summed E-state index contributed by atoms with van der Waals surface area (Å²) in [6.45, 7) is 4.96. The van der Waals surface area contributed by atoms with E-state index in [1.165, 1.54) is 0 Å². The van der Waals surface area contributed by atoms with Crippen LogP contribution in [0, 0.1) is 6.92 Å². The number of nitrogens with one attached hydrogen (secondary N) is 1. The summed E-state index contributed by atoms with van der Waals surface area (Å²) in [6.07, 6.45) is 3.52. The highest BCUT2D eigenvalue weighted by molar-refractivity contribution is 6.05. The van der Waals surface area contributed by atoms with Crippen LogP contribution in [-0.2, 0) is 4.74 Å². The maximum Gasteiger partial charge on any atom is 0.259 e. The smallest absolute Gasteiger partial charge is 0.259 e. The van der Waals surface area contributed by atoms with Gasteiger partial charge in [-0.3, -0.25) is 9.48 Å². The number of hydrogen-bond acceptors (Lipinski definition) is 5. The maximum atomic E-state index is 12.7. The van der Waals surface area contributed by atoms with Gasteiger partial charge in [0.25, 0.3) is 5.91 Å². The van der Waals surface area contributed by atoms with Crippen LogP contribution in [-0.4, -0.2) is 49.1 Å². The molecule has 2 aromatic rings. The van der Waals surface area contributed by atoms with Crippen LogP contribution in [0.25, 0.3) is 0 Å². The van der Waals surface area contributed by atoms with E-state index in [0.29, 0.717) is 18.2 Å². The van der Waals surface area contributed by atoms with E-state index in [1.807, 2.05) is 36.9 Å². The Morgan fingerprint density at radius 2 is 2.08 bits per heavy atom. The van der Waals surface area contributed by atoms with Gasteiger partial charge in [-0.15, -0.1) is 0 Å². The van der Waals surface area contributed by atoms with Gasteiger partial charge in [0.2, 0.25) is 0 Å². The summed E-state index contributed by atoms with van der Waals surface area (Å²) in [6, 6.07) is 6.03. The highest BCUT2D eigenvalue weighted by Gasteiger charge is 2.22. The highest BCUT2D eigenvalue weighted by atomic mass is 16.5. The third-order valence-electron chi connectivity index (χ3n) is 5.14. The average Bonchev–Trinajstić information content (AvgIpc) is 3.05. The fraction of sp³-hybridized carbons (Fsp3) is 0.474. The molecule has 7 heteroatoms. The van der Waals surface area contributed by atoms with Crippen LogP contribution in [0.5, 0.6) is 5.75 Å². The summed E-state index contributed by atoms with van der Waals surface area (Å²) < 4.78 is 13.0. The van der Waals surface area contributed by atoms with Gasteiger partial charge in [0, 0.05) is 31.6 Å². The lowest BCUT2D eigenvalue weighted by atomic mass is 10.1. The van der Waals surface area contributed by atoms with Crippen molar-refractivity contribution >= 4 is 17.3 Å². The van der Waals surface area contributed by atoms with Gasteiger partial charge >= 0.3 is 0 Å². The summed E-state index contributed by atoms with van der Waals surface area (Å²) in [5, 5.41) is 7.44. The first-order valence-corrected chi connectivity index (χ1v) is 9.04. The number of anilines is 2. The van der Waals surface area contributed by atoms with Gasteiger partial charge in [-0.1, -0.05) is 0 Å². The first-order valence-electron chi connectivity index (χ1n) is 9.04. The van der Waals surface area contributed by atoms with Crippen LogP contribution in [0.15, 0.2) is 24.4 Å². The number of ether oxygens (including phenoxy) is 2. The normalized spacial score (nSPS) is 17.5. The monoisotopic (exact) mass is 356 g/mol. The van der Waals surface area contributed by atoms with Gasteiger partial charge in [0.05, 0.1) is 30.0 Å². The lowest BCUT2D eigenvalue weighted by Gasteiger charge is -2.28. The molecule has 1 saturated heterocycles. The molecule has 0 atom stereocenters. The minimum absolute atomic E-state index is 0.139. The van der Waals surface area contributed by atoms with Gasteiger partial charge in [0.1, 0.15) is 12.4 Å². The zero-order chi connectivity index (χ0) is 18.1. The quantitative estimate of drug-likeness (QED) is 0.916. The Hall–Kier alpha value is -2.54. The predicted molar refractivity (Wildman–Crippen MR) is 99.2 cm³/mol. The Labute approximate surface area is 152 Å². The van der Waals surface area contributed by atoms with Crippen molar-refractivity contribution in [2.75, 3.05) is 43.6 Å². The third-order valence-corrected chi connectivity index (χ3v) is 5.14. The molecule has 0 radical (unpaired) electrons. The zero-order valence-corrected chi connectivity index (χ0v) is 15.2. The molecule has 0 unspecified atom stereocenters. The van der Waals surface area contributed by atoms with Crippen LogP contribution in [0.2, 0.25) is 0 Å². The number of hydrogen-bond donors (Lipinski definition) is 1. The molecule has 2 aliphatic rings. The Morgan fingerprint density at radius 1 is 1.27 bits per heavy atom. The average molecular weight is 356 g/mol. The molecule has 26 heavy (non-hydrogen) atoms. The molecule has 3 heterocycles. The number of aromatic nitrogens is 2. The number of benzene rings is 1. The molecular formula is C19H24N4O3. The molecule has 2 aliphatic heterocycles. The van der Waals surface area contributed by atoms with Crippen LogP contribution in [0.1, 0.15) is 34.9 Å². The van der Waals surface area contributed by atoms with Crippen molar-refractivity contribution < 1.29 is 14.3 Å². The van der Waals surface area contributed by atoms with Crippen molar-refractivity contribution in [2.45, 2.75) is 25.8 Å². The van der Waals surface area contributed by atoms with E-state index in [4.69, 9.17) is 9.47 Å². The van der Waals surface area contributed by atoms with Gasteiger partial charge in [-0.25, -0.2) is 0 Å². The molecular weight excluding hydrogens is 332 g/mol. The molecule has 0 spiro atoms. The van der Waals surface area contributed by atoms with E-state index in [1.54, 1.807) is 6.20 Å². The lowest BCUT2D eigenvalue weighted by molar-refractivity contribution is 0.0656. The number of nitrogens with zero attached hydrogens (tertiary/aromatic N) is 3. The molecule has 0 bridgehead atoms. The van der Waals surface area contributed by atoms with Gasteiger partial charge in [0.15, 0.2) is 0 Å². The van der Waals surface area contributed by atoms with E-state index in [-0.39, 0.29) is 5.91 Å². The van der Waals surface area contributed by atoms with Crippen molar-refractivity contribution in [3.05, 3.63) is 35.7 Å². The van der Waals surface area contributed by atoms with Crippen molar-refractivity contribution in [2.24, 2.45) is 0 Å². The first-order chi connectivity index (χ1) is 12.6. The Balaban J connectivity index is 1.52. The molecule has 7 nitrogen and oxygen atoms in total. The maximum absolute atomic E-state index is 12.7. The summed E-state index contributed by atoms with van der Waals surface area (Å²) >= 11 is 0. The topological polar surface area (TPSA) is 68.6 Å². The Kier molecular flexibility index (Phi) is 4.55. The van der Waals surface area contributed by atoms with Crippen LogP contribution >= 0.6 is 0 Å². The number of carbonyl (C=O) groups is 1. The fourth-order valence-electron chi connectivity index (χ4n) is 3.57. The Morgan fingerprint density at radius 3 is 2.88 bits per heavy atom. The third kappa shape index (κ3) is 3.14. The van der Waals surface area contributed by atoms with Crippen molar-refractivity contribution in [3.63, 3.8) is 0 Å². The van der Waals surface area contributed by atoms with Gasteiger partial charge in [-0.2, -0.15) is 5.10 Å². The largest absolute Gasteiger partial charge is 0.490 e. The van der Waals surface area contributed by atoms with Crippen molar-refractivity contribution in [1.29, 1.82) is 0 Å². The second-order valence-electron chi connectivity index (χ2n) is 6.84. The Bertz CT molecular complexity index is 811. The number of fused-ring (bicyclic) bond motifs is 1.